The number of carbonyl (C=O) groups excluding carboxylic acids is 1. The summed E-state index contributed by atoms with van der Waals surface area (Å²) >= 11 is 0. The molecular weight excluding hydrogens is 170 g/mol. The van der Waals surface area contributed by atoms with E-state index in [-0.39, 0.29) is 24.7 Å². The van der Waals surface area contributed by atoms with Gasteiger partial charge in [-0.15, -0.1) is 0 Å². The van der Waals surface area contributed by atoms with Crippen molar-refractivity contribution in [2.24, 2.45) is 0 Å². The van der Waals surface area contributed by atoms with Gasteiger partial charge < -0.3 is 14.4 Å². The zero-order valence-corrected chi connectivity index (χ0v) is 8.45. The van der Waals surface area contributed by atoms with Gasteiger partial charge >= 0.3 is 0 Å². The topological polar surface area (TPSA) is 38.8 Å². The zero-order chi connectivity index (χ0) is 9.84. The average molecular weight is 187 g/mol. The molecule has 2 atom stereocenters. The Kier molecular flexibility index (Phi) is 3.69. The molecule has 76 valence electrons. The Hall–Kier alpha value is -0.610. The zero-order valence-electron chi connectivity index (χ0n) is 8.45. The molecule has 0 bridgehead atoms. The van der Waals surface area contributed by atoms with E-state index in [1.54, 1.807) is 4.90 Å². The summed E-state index contributed by atoms with van der Waals surface area (Å²) in [5.41, 5.74) is 0. The van der Waals surface area contributed by atoms with Crippen molar-refractivity contribution in [1.82, 2.24) is 4.90 Å². The smallest absolute Gasteiger partial charge is 0.248 e. The first kappa shape index (κ1) is 10.5. The molecule has 0 spiro atoms. The van der Waals surface area contributed by atoms with Gasteiger partial charge in [-0.3, -0.25) is 4.79 Å². The summed E-state index contributed by atoms with van der Waals surface area (Å²) in [4.78, 5) is 13.2. The highest BCUT2D eigenvalue weighted by Crippen LogP contribution is 2.10. The third-order valence-electron chi connectivity index (χ3n) is 2.04. The lowest BCUT2D eigenvalue weighted by atomic mass is 10.2. The molecule has 0 aliphatic carbocycles. The Labute approximate surface area is 78.8 Å². The normalized spacial score (nSPS) is 29.0. The highest BCUT2D eigenvalue weighted by Gasteiger charge is 2.25. The Morgan fingerprint density at radius 3 is 2.46 bits per heavy atom. The molecular formula is C9H17NO3. The molecule has 13 heavy (non-hydrogen) atoms. The first-order valence-corrected chi connectivity index (χ1v) is 4.55. The van der Waals surface area contributed by atoms with Crippen molar-refractivity contribution in [2.45, 2.75) is 26.1 Å². The molecule has 1 fully saturated rings. The SMILES string of the molecule is COCC(=O)N1C[C@@H](C)O[C@@H](C)C1. The van der Waals surface area contributed by atoms with E-state index in [4.69, 9.17) is 9.47 Å². The number of carbonyl (C=O) groups is 1. The van der Waals surface area contributed by atoms with Crippen LogP contribution in [-0.2, 0) is 14.3 Å². The van der Waals surface area contributed by atoms with Crippen LogP contribution < -0.4 is 0 Å². The van der Waals surface area contributed by atoms with Gasteiger partial charge in [-0.1, -0.05) is 0 Å². The van der Waals surface area contributed by atoms with E-state index in [2.05, 4.69) is 0 Å². The van der Waals surface area contributed by atoms with E-state index in [9.17, 15) is 4.79 Å². The van der Waals surface area contributed by atoms with Crippen LogP contribution in [-0.4, -0.2) is 49.8 Å². The fraction of sp³-hybridized carbons (Fsp3) is 0.889. The van der Waals surface area contributed by atoms with E-state index in [1.165, 1.54) is 7.11 Å². The summed E-state index contributed by atoms with van der Waals surface area (Å²) in [7, 11) is 1.53. The van der Waals surface area contributed by atoms with Crippen molar-refractivity contribution in [3.63, 3.8) is 0 Å². The van der Waals surface area contributed by atoms with Crippen molar-refractivity contribution in [3.05, 3.63) is 0 Å². The third-order valence-corrected chi connectivity index (χ3v) is 2.04. The molecule has 1 heterocycles. The first-order chi connectivity index (χ1) is 6.13. The number of nitrogens with zero attached hydrogens (tertiary/aromatic N) is 1. The number of ether oxygens (including phenoxy) is 2. The van der Waals surface area contributed by atoms with Crippen molar-refractivity contribution in [2.75, 3.05) is 26.8 Å². The fourth-order valence-electron chi connectivity index (χ4n) is 1.60. The van der Waals surface area contributed by atoms with Gasteiger partial charge in [0.2, 0.25) is 5.91 Å². The van der Waals surface area contributed by atoms with Gasteiger partial charge in [0.05, 0.1) is 12.2 Å². The second-order valence-corrected chi connectivity index (χ2v) is 3.49. The Morgan fingerprint density at radius 2 is 2.00 bits per heavy atom. The van der Waals surface area contributed by atoms with Gasteiger partial charge in [-0.2, -0.15) is 0 Å². The van der Waals surface area contributed by atoms with Gasteiger partial charge in [0.15, 0.2) is 0 Å². The minimum Gasteiger partial charge on any atom is -0.375 e. The maximum atomic E-state index is 11.4. The van der Waals surface area contributed by atoms with Crippen molar-refractivity contribution in [3.8, 4) is 0 Å². The molecule has 1 amide bonds. The minimum absolute atomic E-state index is 0.0458. The lowest BCUT2D eigenvalue weighted by Gasteiger charge is -2.35. The molecule has 4 nitrogen and oxygen atoms in total. The molecule has 0 aromatic rings. The number of hydrogen-bond donors (Lipinski definition) is 0. The average Bonchev–Trinajstić information content (AvgIpc) is 2.03. The largest absolute Gasteiger partial charge is 0.375 e. The van der Waals surface area contributed by atoms with Crippen LogP contribution in [0.4, 0.5) is 0 Å². The first-order valence-electron chi connectivity index (χ1n) is 4.55. The van der Waals surface area contributed by atoms with Gasteiger partial charge in [0, 0.05) is 20.2 Å². The maximum Gasteiger partial charge on any atom is 0.248 e. The summed E-state index contributed by atoms with van der Waals surface area (Å²) in [5, 5.41) is 0. The van der Waals surface area contributed by atoms with Crippen LogP contribution in [0, 0.1) is 0 Å². The van der Waals surface area contributed by atoms with Crippen LogP contribution in [0.1, 0.15) is 13.8 Å². The number of hydrogen-bond acceptors (Lipinski definition) is 3. The Bertz CT molecular complexity index is 174. The van der Waals surface area contributed by atoms with E-state index < -0.39 is 0 Å². The minimum atomic E-state index is 0.0458. The molecule has 1 aliphatic heterocycles. The standard InChI is InChI=1S/C9H17NO3/c1-7-4-10(5-8(2)13-7)9(11)6-12-3/h7-8H,4-6H2,1-3H3/t7-,8+. The van der Waals surface area contributed by atoms with Crippen LogP contribution in [0.15, 0.2) is 0 Å². The Morgan fingerprint density at radius 1 is 1.46 bits per heavy atom. The molecule has 0 saturated carbocycles. The molecule has 0 aromatic heterocycles. The van der Waals surface area contributed by atoms with Gasteiger partial charge in [-0.25, -0.2) is 0 Å². The van der Waals surface area contributed by atoms with Crippen LogP contribution in [0.3, 0.4) is 0 Å². The molecule has 4 heteroatoms. The van der Waals surface area contributed by atoms with Crippen molar-refractivity contribution in [1.29, 1.82) is 0 Å². The van der Waals surface area contributed by atoms with Gasteiger partial charge in [0.25, 0.3) is 0 Å². The monoisotopic (exact) mass is 187 g/mol. The lowest BCUT2D eigenvalue weighted by Crippen LogP contribution is -2.49. The maximum absolute atomic E-state index is 11.4. The van der Waals surface area contributed by atoms with E-state index >= 15 is 0 Å². The van der Waals surface area contributed by atoms with E-state index in [1.807, 2.05) is 13.8 Å². The van der Waals surface area contributed by atoms with Gasteiger partial charge in [-0.05, 0) is 13.8 Å². The third kappa shape index (κ3) is 2.97. The second kappa shape index (κ2) is 4.58. The molecule has 0 unspecified atom stereocenters. The van der Waals surface area contributed by atoms with Gasteiger partial charge in [0.1, 0.15) is 6.61 Å². The van der Waals surface area contributed by atoms with Crippen LogP contribution in [0.2, 0.25) is 0 Å². The number of morpholine rings is 1. The molecule has 1 rings (SSSR count). The summed E-state index contributed by atoms with van der Waals surface area (Å²) in [5.74, 6) is 0.0458. The van der Waals surface area contributed by atoms with Crippen molar-refractivity contribution < 1.29 is 14.3 Å². The summed E-state index contributed by atoms with van der Waals surface area (Å²) in [6.45, 7) is 5.46. The van der Waals surface area contributed by atoms with Crippen molar-refractivity contribution >= 4 is 5.91 Å². The van der Waals surface area contributed by atoms with E-state index in [0.29, 0.717) is 13.1 Å². The van der Waals surface area contributed by atoms with Crippen LogP contribution in [0.5, 0.6) is 0 Å². The molecule has 0 radical (unpaired) electrons. The lowest BCUT2D eigenvalue weighted by molar-refractivity contribution is -0.146. The number of amides is 1. The second-order valence-electron chi connectivity index (χ2n) is 3.49. The summed E-state index contributed by atoms with van der Waals surface area (Å²) < 4.78 is 10.3. The number of methoxy groups -OCH3 is 1. The molecule has 0 aromatic carbocycles. The summed E-state index contributed by atoms with van der Waals surface area (Å²) in [6.07, 6.45) is 0.258. The predicted octanol–water partition coefficient (Wildman–Crippen LogP) is 0.269. The fourth-order valence-corrected chi connectivity index (χ4v) is 1.60. The Balaban J connectivity index is 2.45. The highest BCUT2D eigenvalue weighted by atomic mass is 16.5. The number of rotatable bonds is 2. The summed E-state index contributed by atoms with van der Waals surface area (Å²) in [6, 6.07) is 0. The molecule has 1 saturated heterocycles. The highest BCUT2D eigenvalue weighted by molar-refractivity contribution is 5.77. The van der Waals surface area contributed by atoms with E-state index in [0.717, 1.165) is 0 Å². The van der Waals surface area contributed by atoms with Crippen LogP contribution in [0.25, 0.3) is 0 Å². The quantitative estimate of drug-likeness (QED) is 0.623. The van der Waals surface area contributed by atoms with Crippen LogP contribution >= 0.6 is 0 Å². The molecule has 1 aliphatic rings. The molecule has 0 N–H and O–H groups in total. The predicted molar refractivity (Wildman–Crippen MR) is 48.5 cm³/mol.